The molecule has 1 aromatic rings. The molecular formula is C15H22N2O2. The van der Waals surface area contributed by atoms with Gasteiger partial charge in [-0.3, -0.25) is 0 Å². The predicted molar refractivity (Wildman–Crippen MR) is 75.6 cm³/mol. The topological polar surface area (TPSA) is 56.5 Å². The molecule has 0 amide bonds. The number of nitrogens with two attached hydrogens (primary N) is 1. The minimum Gasteiger partial charge on any atom is -0.449 e. The van der Waals surface area contributed by atoms with Gasteiger partial charge in [-0.15, -0.1) is 0 Å². The van der Waals surface area contributed by atoms with Crippen LogP contribution in [-0.4, -0.2) is 18.4 Å². The third-order valence-electron chi connectivity index (χ3n) is 3.97. The van der Waals surface area contributed by atoms with Crippen molar-refractivity contribution < 1.29 is 9.47 Å². The molecular weight excluding hydrogens is 240 g/mol. The predicted octanol–water partition coefficient (Wildman–Crippen LogP) is 2.73. The molecule has 2 atom stereocenters. The van der Waals surface area contributed by atoms with Crippen LogP contribution in [0, 0.1) is 5.92 Å². The maximum absolute atomic E-state index is 5.82. The maximum atomic E-state index is 5.82. The molecule has 1 aliphatic heterocycles. The molecule has 4 heteroatoms. The molecule has 1 saturated carbocycles. The third kappa shape index (κ3) is 2.50. The van der Waals surface area contributed by atoms with Crippen molar-refractivity contribution in [3.8, 4) is 11.5 Å². The first-order chi connectivity index (χ1) is 9.07. The lowest BCUT2D eigenvalue weighted by Gasteiger charge is -2.20. The van der Waals surface area contributed by atoms with Crippen LogP contribution in [0.4, 0.5) is 5.69 Å². The molecule has 0 saturated heterocycles. The van der Waals surface area contributed by atoms with Crippen molar-refractivity contribution in [1.29, 1.82) is 0 Å². The average molecular weight is 262 g/mol. The van der Waals surface area contributed by atoms with E-state index in [0.29, 0.717) is 12.0 Å². The Bertz CT molecular complexity index is 473. The number of hydrogen-bond acceptors (Lipinski definition) is 4. The molecule has 1 aromatic carbocycles. The van der Waals surface area contributed by atoms with Gasteiger partial charge >= 0.3 is 0 Å². The van der Waals surface area contributed by atoms with Crippen LogP contribution in [0.2, 0.25) is 0 Å². The van der Waals surface area contributed by atoms with Crippen molar-refractivity contribution in [2.24, 2.45) is 11.7 Å². The van der Waals surface area contributed by atoms with E-state index in [1.807, 2.05) is 26.0 Å². The Labute approximate surface area is 114 Å². The largest absolute Gasteiger partial charge is 0.449 e. The molecule has 0 spiro atoms. The van der Waals surface area contributed by atoms with Crippen LogP contribution in [0.1, 0.15) is 33.1 Å². The zero-order valence-corrected chi connectivity index (χ0v) is 11.6. The van der Waals surface area contributed by atoms with Crippen LogP contribution in [-0.2, 0) is 0 Å². The SMILES string of the molecule is CC1(C)Oc2ccc(NC3CCCC3CN)cc2O1. The number of nitrogens with one attached hydrogen (secondary N) is 1. The van der Waals surface area contributed by atoms with E-state index >= 15 is 0 Å². The van der Waals surface area contributed by atoms with Gasteiger partial charge in [-0.25, -0.2) is 0 Å². The van der Waals surface area contributed by atoms with Crippen molar-refractivity contribution in [3.05, 3.63) is 18.2 Å². The summed E-state index contributed by atoms with van der Waals surface area (Å²) in [5, 5.41) is 3.58. The Hall–Kier alpha value is -1.42. The molecule has 2 unspecified atom stereocenters. The monoisotopic (exact) mass is 262 g/mol. The molecule has 2 aliphatic rings. The number of rotatable bonds is 3. The molecule has 104 valence electrons. The molecule has 0 radical (unpaired) electrons. The Balaban J connectivity index is 1.74. The van der Waals surface area contributed by atoms with E-state index in [0.717, 1.165) is 23.7 Å². The van der Waals surface area contributed by atoms with Gasteiger partial charge in [0.2, 0.25) is 5.79 Å². The Morgan fingerprint density at radius 3 is 2.84 bits per heavy atom. The van der Waals surface area contributed by atoms with E-state index in [9.17, 15) is 0 Å². The van der Waals surface area contributed by atoms with Gasteiger partial charge in [0.1, 0.15) is 0 Å². The first-order valence-corrected chi connectivity index (χ1v) is 7.06. The molecule has 1 heterocycles. The molecule has 4 nitrogen and oxygen atoms in total. The summed E-state index contributed by atoms with van der Waals surface area (Å²) in [6.07, 6.45) is 3.69. The standard InChI is InChI=1S/C15H22N2O2/c1-15(2)18-13-7-6-11(8-14(13)19-15)17-12-5-3-4-10(12)9-16/h6-8,10,12,17H,3-5,9,16H2,1-2H3. The summed E-state index contributed by atoms with van der Waals surface area (Å²) < 4.78 is 11.5. The van der Waals surface area contributed by atoms with Crippen molar-refractivity contribution in [2.45, 2.75) is 44.9 Å². The number of benzene rings is 1. The van der Waals surface area contributed by atoms with E-state index in [4.69, 9.17) is 15.2 Å². The highest BCUT2D eigenvalue weighted by Crippen LogP contribution is 2.41. The van der Waals surface area contributed by atoms with E-state index in [2.05, 4.69) is 11.4 Å². The molecule has 0 bridgehead atoms. The Kier molecular flexibility index (Phi) is 3.05. The second-order valence-corrected chi connectivity index (χ2v) is 5.94. The molecule has 19 heavy (non-hydrogen) atoms. The number of anilines is 1. The van der Waals surface area contributed by atoms with Crippen molar-refractivity contribution in [1.82, 2.24) is 0 Å². The summed E-state index contributed by atoms with van der Waals surface area (Å²) in [6.45, 7) is 4.60. The number of hydrogen-bond donors (Lipinski definition) is 2. The van der Waals surface area contributed by atoms with Crippen LogP contribution in [0.5, 0.6) is 11.5 Å². The van der Waals surface area contributed by atoms with Crippen molar-refractivity contribution in [2.75, 3.05) is 11.9 Å². The van der Waals surface area contributed by atoms with Crippen LogP contribution >= 0.6 is 0 Å². The normalized spacial score (nSPS) is 27.5. The van der Waals surface area contributed by atoms with Gasteiger partial charge in [0.25, 0.3) is 0 Å². The van der Waals surface area contributed by atoms with Crippen molar-refractivity contribution in [3.63, 3.8) is 0 Å². The summed E-state index contributed by atoms with van der Waals surface area (Å²) >= 11 is 0. The van der Waals surface area contributed by atoms with Crippen LogP contribution in [0.15, 0.2) is 18.2 Å². The van der Waals surface area contributed by atoms with E-state index < -0.39 is 5.79 Å². The zero-order valence-electron chi connectivity index (χ0n) is 11.6. The first kappa shape index (κ1) is 12.6. The minimum absolute atomic E-state index is 0.485. The summed E-state index contributed by atoms with van der Waals surface area (Å²) in [4.78, 5) is 0. The first-order valence-electron chi connectivity index (χ1n) is 7.06. The lowest BCUT2D eigenvalue weighted by atomic mass is 10.0. The van der Waals surface area contributed by atoms with Gasteiger partial charge in [0, 0.05) is 31.6 Å². The van der Waals surface area contributed by atoms with Gasteiger partial charge in [0.05, 0.1) is 0 Å². The van der Waals surface area contributed by atoms with Gasteiger partial charge in [-0.05, 0) is 37.4 Å². The highest BCUT2D eigenvalue weighted by molar-refractivity contribution is 5.56. The Morgan fingerprint density at radius 1 is 1.26 bits per heavy atom. The highest BCUT2D eigenvalue weighted by atomic mass is 16.7. The smallest absolute Gasteiger partial charge is 0.246 e. The van der Waals surface area contributed by atoms with Gasteiger partial charge in [0.15, 0.2) is 11.5 Å². The van der Waals surface area contributed by atoms with E-state index in [1.54, 1.807) is 0 Å². The number of fused-ring (bicyclic) bond motifs is 1. The van der Waals surface area contributed by atoms with Gasteiger partial charge < -0.3 is 20.5 Å². The zero-order chi connectivity index (χ0) is 13.5. The van der Waals surface area contributed by atoms with Crippen LogP contribution < -0.4 is 20.5 Å². The quantitative estimate of drug-likeness (QED) is 0.879. The third-order valence-corrected chi connectivity index (χ3v) is 3.97. The molecule has 1 fully saturated rings. The summed E-state index contributed by atoms with van der Waals surface area (Å²) in [7, 11) is 0. The lowest BCUT2D eigenvalue weighted by Crippen LogP contribution is -2.29. The molecule has 0 aromatic heterocycles. The molecule has 3 N–H and O–H groups in total. The highest BCUT2D eigenvalue weighted by Gasteiger charge is 2.32. The fraction of sp³-hybridized carbons (Fsp3) is 0.600. The van der Waals surface area contributed by atoms with Gasteiger partial charge in [-0.2, -0.15) is 0 Å². The fourth-order valence-electron chi connectivity index (χ4n) is 3.04. The lowest BCUT2D eigenvalue weighted by molar-refractivity contribution is -0.0431. The Morgan fingerprint density at radius 2 is 2.05 bits per heavy atom. The number of ether oxygens (including phenoxy) is 2. The average Bonchev–Trinajstić information content (AvgIpc) is 2.90. The second kappa shape index (κ2) is 4.60. The summed E-state index contributed by atoms with van der Waals surface area (Å²) in [6, 6.07) is 6.53. The summed E-state index contributed by atoms with van der Waals surface area (Å²) in [5.74, 6) is 1.66. The van der Waals surface area contributed by atoms with E-state index in [1.165, 1.54) is 19.3 Å². The maximum Gasteiger partial charge on any atom is 0.246 e. The van der Waals surface area contributed by atoms with Crippen LogP contribution in [0.3, 0.4) is 0 Å². The molecule has 3 rings (SSSR count). The fourth-order valence-corrected chi connectivity index (χ4v) is 3.04. The summed E-state index contributed by atoms with van der Waals surface area (Å²) in [5.41, 5.74) is 6.91. The van der Waals surface area contributed by atoms with Gasteiger partial charge in [-0.1, -0.05) is 6.42 Å². The molecule has 1 aliphatic carbocycles. The van der Waals surface area contributed by atoms with Crippen LogP contribution in [0.25, 0.3) is 0 Å². The van der Waals surface area contributed by atoms with E-state index in [-0.39, 0.29) is 0 Å². The second-order valence-electron chi connectivity index (χ2n) is 5.94. The minimum atomic E-state index is -0.561. The van der Waals surface area contributed by atoms with Crippen molar-refractivity contribution >= 4 is 5.69 Å².